The molecule has 1 aliphatic heterocycles. The van der Waals surface area contributed by atoms with Crippen LogP contribution < -0.4 is 5.32 Å². The van der Waals surface area contributed by atoms with Gasteiger partial charge in [-0.2, -0.15) is 5.26 Å². The molecule has 2 fully saturated rings. The number of rotatable bonds is 4. The predicted molar refractivity (Wildman–Crippen MR) is 96.3 cm³/mol. The maximum absolute atomic E-state index is 13.6. The minimum Gasteiger partial charge on any atom is -0.465 e. The standard InChI is InChI=1S/C20H26FN3O2/c1-2-18-17(23-19(25)26)8-11-24(18)16-6-9-20(13-22,10-7-16)14-4-3-5-15(21)12-14/h3-5,12,16-18,23H,2,6-11H2,1H3,(H,25,26)/t16?,17-,18?,20?/m0/s1. The molecule has 1 saturated carbocycles. The Morgan fingerprint density at radius 3 is 2.73 bits per heavy atom. The highest BCUT2D eigenvalue weighted by Crippen LogP contribution is 2.42. The number of hydrogen-bond acceptors (Lipinski definition) is 3. The van der Waals surface area contributed by atoms with Crippen LogP contribution in [0.2, 0.25) is 0 Å². The highest BCUT2D eigenvalue weighted by atomic mass is 19.1. The molecule has 140 valence electrons. The quantitative estimate of drug-likeness (QED) is 0.860. The molecule has 1 amide bonds. The first-order chi connectivity index (χ1) is 12.5. The molecule has 0 radical (unpaired) electrons. The van der Waals surface area contributed by atoms with Gasteiger partial charge >= 0.3 is 6.09 Å². The molecule has 3 rings (SSSR count). The number of likely N-dealkylation sites (tertiary alicyclic amines) is 1. The second kappa shape index (κ2) is 7.63. The molecular formula is C20H26FN3O2. The van der Waals surface area contributed by atoms with Crippen LogP contribution in [0.5, 0.6) is 0 Å². The summed E-state index contributed by atoms with van der Waals surface area (Å²) in [6.45, 7) is 2.97. The van der Waals surface area contributed by atoms with E-state index in [1.54, 1.807) is 6.07 Å². The Hall–Kier alpha value is -2.13. The van der Waals surface area contributed by atoms with Crippen LogP contribution in [-0.2, 0) is 5.41 Å². The summed E-state index contributed by atoms with van der Waals surface area (Å²) in [6.07, 6.45) is 3.93. The Labute approximate surface area is 153 Å². The van der Waals surface area contributed by atoms with Gasteiger partial charge in [-0.3, -0.25) is 4.90 Å². The van der Waals surface area contributed by atoms with Gasteiger partial charge in [0.2, 0.25) is 0 Å². The lowest BCUT2D eigenvalue weighted by molar-refractivity contribution is 0.113. The third kappa shape index (κ3) is 3.54. The number of nitriles is 1. The van der Waals surface area contributed by atoms with Crippen molar-refractivity contribution in [1.29, 1.82) is 5.26 Å². The highest BCUT2D eigenvalue weighted by molar-refractivity contribution is 5.65. The first-order valence-electron chi connectivity index (χ1n) is 9.41. The van der Waals surface area contributed by atoms with Crippen molar-refractivity contribution in [3.05, 3.63) is 35.6 Å². The number of benzene rings is 1. The summed E-state index contributed by atoms with van der Waals surface area (Å²) < 4.78 is 13.6. The van der Waals surface area contributed by atoms with Gasteiger partial charge in [0.05, 0.1) is 11.5 Å². The molecule has 26 heavy (non-hydrogen) atoms. The Morgan fingerprint density at radius 2 is 2.15 bits per heavy atom. The molecule has 1 aromatic carbocycles. The average Bonchev–Trinajstić information content (AvgIpc) is 3.03. The van der Waals surface area contributed by atoms with Gasteiger partial charge in [-0.1, -0.05) is 19.1 Å². The Morgan fingerprint density at radius 1 is 1.42 bits per heavy atom. The van der Waals surface area contributed by atoms with Crippen LogP contribution >= 0.6 is 0 Å². The number of halogens is 1. The van der Waals surface area contributed by atoms with Gasteiger partial charge in [0.15, 0.2) is 0 Å². The number of nitrogens with zero attached hydrogens (tertiary/aromatic N) is 2. The monoisotopic (exact) mass is 359 g/mol. The van der Waals surface area contributed by atoms with Crippen LogP contribution in [0.25, 0.3) is 0 Å². The molecule has 1 saturated heterocycles. The molecule has 1 aliphatic carbocycles. The van der Waals surface area contributed by atoms with Gasteiger partial charge in [0.1, 0.15) is 5.82 Å². The van der Waals surface area contributed by atoms with Gasteiger partial charge in [0.25, 0.3) is 0 Å². The van der Waals surface area contributed by atoms with Gasteiger partial charge in [-0.05, 0) is 56.2 Å². The number of carbonyl (C=O) groups is 1. The highest BCUT2D eigenvalue weighted by Gasteiger charge is 2.43. The molecule has 1 heterocycles. The van der Waals surface area contributed by atoms with Crippen molar-refractivity contribution >= 4 is 6.09 Å². The van der Waals surface area contributed by atoms with Crippen LogP contribution in [0.3, 0.4) is 0 Å². The SMILES string of the molecule is CCC1[C@@H](NC(=O)O)CCN1C1CCC(C#N)(c2cccc(F)c2)CC1. The van der Waals surface area contributed by atoms with Crippen molar-refractivity contribution in [2.45, 2.75) is 69.0 Å². The Bertz CT molecular complexity index is 695. The fourth-order valence-electron chi connectivity index (χ4n) is 4.86. The van der Waals surface area contributed by atoms with Gasteiger partial charge in [0, 0.05) is 24.7 Å². The molecule has 0 aromatic heterocycles. The van der Waals surface area contributed by atoms with Crippen LogP contribution in [-0.4, -0.2) is 40.8 Å². The third-order valence-corrected chi connectivity index (χ3v) is 6.18. The van der Waals surface area contributed by atoms with E-state index in [0.717, 1.165) is 37.8 Å². The summed E-state index contributed by atoms with van der Waals surface area (Å²) in [6, 6.07) is 9.42. The number of amides is 1. The molecule has 2 atom stereocenters. The Balaban J connectivity index is 1.70. The normalized spacial score (nSPS) is 32.1. The lowest BCUT2D eigenvalue weighted by Gasteiger charge is -2.41. The summed E-state index contributed by atoms with van der Waals surface area (Å²) >= 11 is 0. The minimum atomic E-state index is -0.964. The summed E-state index contributed by atoms with van der Waals surface area (Å²) in [4.78, 5) is 13.4. The van der Waals surface area contributed by atoms with E-state index in [-0.39, 0.29) is 17.9 Å². The second-order valence-electron chi connectivity index (χ2n) is 7.49. The maximum Gasteiger partial charge on any atom is 0.404 e. The van der Waals surface area contributed by atoms with Crippen LogP contribution in [0.1, 0.15) is 51.0 Å². The largest absolute Gasteiger partial charge is 0.465 e. The molecule has 6 heteroatoms. The van der Waals surface area contributed by atoms with Crippen molar-refractivity contribution in [2.75, 3.05) is 6.54 Å². The molecule has 1 unspecified atom stereocenters. The fraction of sp³-hybridized carbons (Fsp3) is 0.600. The zero-order valence-electron chi connectivity index (χ0n) is 15.1. The van der Waals surface area contributed by atoms with Crippen molar-refractivity contribution in [1.82, 2.24) is 10.2 Å². The lowest BCUT2D eigenvalue weighted by Crippen LogP contribution is -2.49. The molecular weight excluding hydrogens is 333 g/mol. The number of carboxylic acid groups (broad SMARTS) is 1. The van der Waals surface area contributed by atoms with E-state index in [0.29, 0.717) is 18.9 Å². The first kappa shape index (κ1) is 18.7. The van der Waals surface area contributed by atoms with E-state index >= 15 is 0 Å². The van der Waals surface area contributed by atoms with E-state index < -0.39 is 11.5 Å². The van der Waals surface area contributed by atoms with E-state index in [1.165, 1.54) is 12.1 Å². The summed E-state index contributed by atoms with van der Waals surface area (Å²) in [7, 11) is 0. The van der Waals surface area contributed by atoms with E-state index in [9.17, 15) is 14.4 Å². The molecule has 5 nitrogen and oxygen atoms in total. The average molecular weight is 359 g/mol. The zero-order chi connectivity index (χ0) is 18.7. The lowest BCUT2D eigenvalue weighted by atomic mass is 9.69. The number of nitrogens with one attached hydrogen (secondary N) is 1. The third-order valence-electron chi connectivity index (χ3n) is 6.18. The number of hydrogen-bond donors (Lipinski definition) is 2. The van der Waals surface area contributed by atoms with Crippen LogP contribution in [0.4, 0.5) is 9.18 Å². The maximum atomic E-state index is 13.6. The first-order valence-corrected chi connectivity index (χ1v) is 9.41. The van der Waals surface area contributed by atoms with Crippen molar-refractivity contribution in [3.8, 4) is 6.07 Å². The summed E-state index contributed by atoms with van der Waals surface area (Å²) in [5.41, 5.74) is 0.163. The summed E-state index contributed by atoms with van der Waals surface area (Å²) in [5, 5.41) is 21.5. The van der Waals surface area contributed by atoms with Crippen LogP contribution in [0.15, 0.2) is 24.3 Å². The van der Waals surface area contributed by atoms with Crippen molar-refractivity contribution in [2.24, 2.45) is 0 Å². The zero-order valence-corrected chi connectivity index (χ0v) is 15.1. The van der Waals surface area contributed by atoms with E-state index in [2.05, 4.69) is 23.2 Å². The van der Waals surface area contributed by atoms with Gasteiger partial charge < -0.3 is 10.4 Å². The smallest absolute Gasteiger partial charge is 0.404 e. The summed E-state index contributed by atoms with van der Waals surface area (Å²) in [5.74, 6) is -0.299. The fourth-order valence-corrected chi connectivity index (χ4v) is 4.86. The van der Waals surface area contributed by atoms with Crippen molar-refractivity contribution < 1.29 is 14.3 Å². The van der Waals surface area contributed by atoms with E-state index in [1.807, 2.05) is 6.07 Å². The van der Waals surface area contributed by atoms with E-state index in [4.69, 9.17) is 5.11 Å². The minimum absolute atomic E-state index is 0.0247. The molecule has 0 spiro atoms. The van der Waals surface area contributed by atoms with Crippen molar-refractivity contribution in [3.63, 3.8) is 0 Å². The van der Waals surface area contributed by atoms with Gasteiger partial charge in [-0.25, -0.2) is 9.18 Å². The molecule has 1 aromatic rings. The Kier molecular flexibility index (Phi) is 5.47. The topological polar surface area (TPSA) is 76.4 Å². The molecule has 0 bridgehead atoms. The second-order valence-corrected chi connectivity index (χ2v) is 7.49. The molecule has 2 N–H and O–H groups in total. The van der Waals surface area contributed by atoms with Gasteiger partial charge in [-0.15, -0.1) is 0 Å². The predicted octanol–water partition coefficient (Wildman–Crippen LogP) is 3.65. The molecule has 2 aliphatic rings. The van der Waals surface area contributed by atoms with Crippen LogP contribution in [0, 0.1) is 17.1 Å².